The molecule has 1 aliphatic heterocycles. The molecule has 11 heteroatoms. The van der Waals surface area contributed by atoms with E-state index >= 15 is 0 Å². The lowest BCUT2D eigenvalue weighted by Crippen LogP contribution is -2.41. The fourth-order valence-corrected chi connectivity index (χ4v) is 3.85. The molecule has 0 saturated heterocycles. The van der Waals surface area contributed by atoms with Crippen LogP contribution in [0.1, 0.15) is 17.7 Å². The average molecular weight is 422 g/mol. The number of carbonyl (C=O) groups excluding carboxylic acids is 1. The molecule has 0 unspecified atom stereocenters. The lowest BCUT2D eigenvalue weighted by molar-refractivity contribution is -0.133. The third kappa shape index (κ3) is 4.01. The Labute approximate surface area is 168 Å². The van der Waals surface area contributed by atoms with Gasteiger partial charge in [0, 0.05) is 30.5 Å². The lowest BCUT2D eigenvalue weighted by Gasteiger charge is -2.28. The highest BCUT2D eigenvalue weighted by molar-refractivity contribution is 7.07. The van der Waals surface area contributed by atoms with E-state index in [9.17, 15) is 18.0 Å². The standard InChI is InChI=1S/C18H17F3N6OS/c19-12-6-14(21)13(20)4-10(12)3-11(22)5-17(28)26-1-2-27-16(7-26)18(24-25-27)15-8-29-9-23-15/h4,6,8-9,11H,1-3,5,7,22H2/t11-/m1/s1. The van der Waals surface area contributed by atoms with Gasteiger partial charge in [-0.15, -0.1) is 16.4 Å². The molecule has 7 nitrogen and oxygen atoms in total. The van der Waals surface area contributed by atoms with Gasteiger partial charge in [0.1, 0.15) is 17.2 Å². The van der Waals surface area contributed by atoms with Crippen molar-refractivity contribution in [3.05, 3.63) is 51.7 Å². The average Bonchev–Trinajstić information content (AvgIpc) is 3.34. The largest absolute Gasteiger partial charge is 0.335 e. The van der Waals surface area contributed by atoms with E-state index in [1.54, 1.807) is 15.1 Å². The molecule has 0 fully saturated rings. The molecule has 1 aliphatic rings. The third-order valence-electron chi connectivity index (χ3n) is 4.80. The van der Waals surface area contributed by atoms with Gasteiger partial charge in [-0.1, -0.05) is 5.21 Å². The van der Waals surface area contributed by atoms with Gasteiger partial charge >= 0.3 is 0 Å². The molecule has 4 rings (SSSR count). The topological polar surface area (TPSA) is 89.9 Å². The van der Waals surface area contributed by atoms with E-state index in [0.29, 0.717) is 37.1 Å². The minimum Gasteiger partial charge on any atom is -0.335 e. The Morgan fingerprint density at radius 1 is 1.21 bits per heavy atom. The number of nitrogens with zero attached hydrogens (tertiary/aromatic N) is 5. The Bertz CT molecular complexity index is 1040. The zero-order valence-electron chi connectivity index (χ0n) is 15.2. The van der Waals surface area contributed by atoms with E-state index in [0.717, 1.165) is 11.8 Å². The second kappa shape index (κ2) is 7.91. The van der Waals surface area contributed by atoms with Crippen molar-refractivity contribution in [1.82, 2.24) is 24.9 Å². The number of hydrogen-bond donors (Lipinski definition) is 1. The first-order valence-electron chi connectivity index (χ1n) is 8.90. The summed E-state index contributed by atoms with van der Waals surface area (Å²) in [4.78, 5) is 18.6. The van der Waals surface area contributed by atoms with Gasteiger partial charge < -0.3 is 10.6 Å². The molecule has 2 aromatic heterocycles. The summed E-state index contributed by atoms with van der Waals surface area (Å²) < 4.78 is 42.0. The Kier molecular flexibility index (Phi) is 5.33. The van der Waals surface area contributed by atoms with Crippen LogP contribution in [-0.2, 0) is 24.3 Å². The van der Waals surface area contributed by atoms with E-state index in [4.69, 9.17) is 5.73 Å². The Morgan fingerprint density at radius 3 is 2.76 bits per heavy atom. The summed E-state index contributed by atoms with van der Waals surface area (Å²) in [5, 5.41) is 10.1. The van der Waals surface area contributed by atoms with Crippen molar-refractivity contribution in [2.24, 2.45) is 5.73 Å². The highest BCUT2D eigenvalue weighted by Crippen LogP contribution is 2.25. The minimum absolute atomic E-state index is 0.0496. The van der Waals surface area contributed by atoms with E-state index in [1.807, 2.05) is 5.38 Å². The van der Waals surface area contributed by atoms with E-state index in [1.165, 1.54) is 11.3 Å². The zero-order valence-corrected chi connectivity index (χ0v) is 16.0. The first-order chi connectivity index (χ1) is 13.9. The van der Waals surface area contributed by atoms with Gasteiger partial charge in [0.15, 0.2) is 11.6 Å². The maximum Gasteiger partial charge on any atom is 0.224 e. The van der Waals surface area contributed by atoms with Crippen LogP contribution in [-0.4, -0.2) is 43.4 Å². The monoisotopic (exact) mass is 422 g/mol. The molecule has 3 heterocycles. The number of nitrogens with two attached hydrogens (primary N) is 1. The van der Waals surface area contributed by atoms with Crippen molar-refractivity contribution < 1.29 is 18.0 Å². The van der Waals surface area contributed by atoms with Gasteiger partial charge in [-0.3, -0.25) is 4.79 Å². The number of halogens is 3. The van der Waals surface area contributed by atoms with Crippen LogP contribution in [0.5, 0.6) is 0 Å². The number of carbonyl (C=O) groups is 1. The molecule has 2 N–H and O–H groups in total. The quantitative estimate of drug-likeness (QED) is 0.636. The number of rotatable bonds is 5. The maximum absolute atomic E-state index is 13.8. The molecule has 29 heavy (non-hydrogen) atoms. The minimum atomic E-state index is -1.26. The van der Waals surface area contributed by atoms with Gasteiger partial charge in [0.2, 0.25) is 5.91 Å². The van der Waals surface area contributed by atoms with Gasteiger partial charge in [-0.05, 0) is 18.1 Å². The first-order valence-corrected chi connectivity index (χ1v) is 9.84. The summed E-state index contributed by atoms with van der Waals surface area (Å²) in [6.45, 7) is 1.24. The summed E-state index contributed by atoms with van der Waals surface area (Å²) in [5.74, 6) is -3.50. The van der Waals surface area contributed by atoms with Crippen LogP contribution in [0.25, 0.3) is 11.4 Å². The summed E-state index contributed by atoms with van der Waals surface area (Å²) in [6.07, 6.45) is -0.127. The van der Waals surface area contributed by atoms with Crippen molar-refractivity contribution >= 4 is 17.2 Å². The van der Waals surface area contributed by atoms with Gasteiger partial charge in [0.25, 0.3) is 0 Å². The molecule has 1 aromatic carbocycles. The lowest BCUT2D eigenvalue weighted by atomic mass is 10.0. The third-order valence-corrected chi connectivity index (χ3v) is 5.38. The van der Waals surface area contributed by atoms with Crippen LogP contribution in [0, 0.1) is 17.5 Å². The summed E-state index contributed by atoms with van der Waals surface area (Å²) >= 11 is 1.44. The molecule has 152 valence electrons. The van der Waals surface area contributed by atoms with Gasteiger partial charge in [-0.2, -0.15) is 0 Å². The highest BCUT2D eigenvalue weighted by atomic mass is 32.1. The smallest absolute Gasteiger partial charge is 0.224 e. The number of benzene rings is 1. The summed E-state index contributed by atoms with van der Waals surface area (Å²) in [6, 6.07) is 0.531. The van der Waals surface area contributed by atoms with Crippen LogP contribution >= 0.6 is 11.3 Å². The fourth-order valence-electron chi connectivity index (χ4n) is 3.31. The number of fused-ring (bicyclic) bond motifs is 1. The van der Waals surface area contributed by atoms with Crippen LogP contribution in [0.4, 0.5) is 13.2 Å². The van der Waals surface area contributed by atoms with Gasteiger partial charge in [-0.25, -0.2) is 22.8 Å². The van der Waals surface area contributed by atoms with Crippen molar-refractivity contribution in [3.63, 3.8) is 0 Å². The molecule has 1 atom stereocenters. The normalized spacial score (nSPS) is 14.7. The molecule has 0 saturated carbocycles. The van der Waals surface area contributed by atoms with Gasteiger partial charge in [0.05, 0.1) is 24.3 Å². The number of hydrogen-bond acceptors (Lipinski definition) is 6. The van der Waals surface area contributed by atoms with Crippen molar-refractivity contribution in [3.8, 4) is 11.4 Å². The van der Waals surface area contributed by atoms with E-state index in [2.05, 4.69) is 15.3 Å². The predicted octanol–water partition coefficient (Wildman–Crippen LogP) is 2.12. The maximum atomic E-state index is 13.8. The molecule has 0 aliphatic carbocycles. The summed E-state index contributed by atoms with van der Waals surface area (Å²) in [5.41, 5.74) is 9.75. The molecule has 0 radical (unpaired) electrons. The molecule has 3 aromatic rings. The summed E-state index contributed by atoms with van der Waals surface area (Å²) in [7, 11) is 0. The molecular formula is C18H17F3N6OS. The first kappa shape index (κ1) is 19.5. The zero-order chi connectivity index (χ0) is 20.5. The molecule has 0 bridgehead atoms. The number of thiazole rings is 1. The van der Waals surface area contributed by atoms with Crippen LogP contribution in [0.2, 0.25) is 0 Å². The second-order valence-corrected chi connectivity index (χ2v) is 7.54. The van der Waals surface area contributed by atoms with Crippen LogP contribution in [0.15, 0.2) is 23.0 Å². The fraction of sp³-hybridized carbons (Fsp3) is 0.333. The number of aromatic nitrogens is 4. The van der Waals surface area contributed by atoms with Crippen LogP contribution < -0.4 is 5.73 Å². The van der Waals surface area contributed by atoms with Crippen molar-refractivity contribution in [2.45, 2.75) is 32.0 Å². The number of amides is 1. The van der Waals surface area contributed by atoms with Crippen molar-refractivity contribution in [1.29, 1.82) is 0 Å². The Hall–Kier alpha value is -2.79. The predicted molar refractivity (Wildman–Crippen MR) is 99.2 cm³/mol. The Morgan fingerprint density at radius 2 is 2.00 bits per heavy atom. The molecular weight excluding hydrogens is 405 g/mol. The van der Waals surface area contributed by atoms with E-state index in [-0.39, 0.29) is 24.3 Å². The van der Waals surface area contributed by atoms with Crippen molar-refractivity contribution in [2.75, 3.05) is 6.54 Å². The van der Waals surface area contributed by atoms with E-state index < -0.39 is 23.5 Å². The second-order valence-electron chi connectivity index (χ2n) is 6.82. The SMILES string of the molecule is N[C@@H](CC(=O)N1CCn2nnc(-c3cscn3)c2C1)Cc1cc(F)c(F)cc1F. The molecule has 1 amide bonds. The Balaban J connectivity index is 1.42. The molecule has 0 spiro atoms. The highest BCUT2D eigenvalue weighted by Gasteiger charge is 2.27. The van der Waals surface area contributed by atoms with Crippen LogP contribution in [0.3, 0.4) is 0 Å².